The van der Waals surface area contributed by atoms with Crippen molar-refractivity contribution < 1.29 is 19.8 Å². The molecule has 24 heavy (non-hydrogen) atoms. The first kappa shape index (κ1) is 19.7. The summed E-state index contributed by atoms with van der Waals surface area (Å²) < 4.78 is 0. The fourth-order valence-electron chi connectivity index (χ4n) is 3.99. The van der Waals surface area contributed by atoms with Crippen molar-refractivity contribution in [1.29, 1.82) is 0 Å². The second-order valence-electron chi connectivity index (χ2n) is 7.43. The van der Waals surface area contributed by atoms with Gasteiger partial charge in [-0.2, -0.15) is 0 Å². The number of carboxylic acids is 1. The molecule has 0 aromatic heterocycles. The summed E-state index contributed by atoms with van der Waals surface area (Å²) in [5, 5.41) is 23.0. The third kappa shape index (κ3) is 5.74. The molecule has 2 rings (SSSR count). The molecule has 0 bridgehead atoms. The second-order valence-corrected chi connectivity index (χ2v) is 8.68. The largest absolute Gasteiger partial charge is 0.481 e. The van der Waals surface area contributed by atoms with Gasteiger partial charge in [0.05, 0.1) is 17.4 Å². The Morgan fingerprint density at radius 1 is 1.25 bits per heavy atom. The Hall–Kier alpha value is -0.590. The van der Waals surface area contributed by atoms with Gasteiger partial charge in [-0.25, -0.2) is 0 Å². The minimum Gasteiger partial charge on any atom is -0.481 e. The molecule has 1 saturated heterocycles. The van der Waals surface area contributed by atoms with Crippen molar-refractivity contribution in [3.8, 4) is 0 Å². The monoisotopic (exact) mass is 357 g/mol. The number of thioether (sulfide) groups is 1. The van der Waals surface area contributed by atoms with E-state index in [0.29, 0.717) is 0 Å². The summed E-state index contributed by atoms with van der Waals surface area (Å²) in [5.41, 5.74) is -0.558. The summed E-state index contributed by atoms with van der Waals surface area (Å²) in [6.45, 7) is 2.98. The van der Waals surface area contributed by atoms with Crippen molar-refractivity contribution in [2.24, 2.45) is 11.8 Å². The summed E-state index contributed by atoms with van der Waals surface area (Å²) in [5.74, 6) is 0.111. The van der Waals surface area contributed by atoms with Crippen LogP contribution in [0.5, 0.6) is 0 Å². The van der Waals surface area contributed by atoms with E-state index in [9.17, 15) is 14.7 Å². The number of aliphatic hydroxyl groups is 1. The molecule has 0 spiro atoms. The number of carboxylic acid groups (broad SMARTS) is 1. The van der Waals surface area contributed by atoms with Crippen LogP contribution in [0, 0.1) is 11.8 Å². The van der Waals surface area contributed by atoms with Gasteiger partial charge in [0.25, 0.3) is 0 Å². The van der Waals surface area contributed by atoms with Crippen molar-refractivity contribution in [2.75, 3.05) is 12.3 Å². The van der Waals surface area contributed by atoms with Gasteiger partial charge in [-0.3, -0.25) is 9.59 Å². The van der Waals surface area contributed by atoms with E-state index in [1.54, 1.807) is 11.8 Å². The highest BCUT2D eigenvalue weighted by atomic mass is 32.2. The number of rotatable bonds is 9. The smallest absolute Gasteiger partial charge is 0.303 e. The Kier molecular flexibility index (Phi) is 7.57. The molecule has 0 aromatic rings. The van der Waals surface area contributed by atoms with Gasteiger partial charge >= 0.3 is 5.97 Å². The van der Waals surface area contributed by atoms with Gasteiger partial charge in [0.1, 0.15) is 5.78 Å². The highest BCUT2D eigenvalue weighted by Crippen LogP contribution is 2.36. The molecule has 0 radical (unpaired) electrons. The molecule has 3 unspecified atom stereocenters. The molecule has 2 fully saturated rings. The molecule has 0 aromatic carbocycles. The lowest BCUT2D eigenvalue weighted by molar-refractivity contribution is -0.139. The quantitative estimate of drug-likeness (QED) is 0.588. The summed E-state index contributed by atoms with van der Waals surface area (Å²) in [6.07, 6.45) is 6.69. The van der Waals surface area contributed by atoms with E-state index in [1.165, 1.54) is 6.42 Å². The Morgan fingerprint density at radius 2 is 1.96 bits per heavy atom. The molecule has 1 heterocycles. The molecule has 2 aliphatic rings. The van der Waals surface area contributed by atoms with Crippen LogP contribution in [0.4, 0.5) is 0 Å². The zero-order valence-corrected chi connectivity index (χ0v) is 15.4. The highest BCUT2D eigenvalue weighted by molar-refractivity contribution is 8.00. The zero-order valence-electron chi connectivity index (χ0n) is 14.6. The molecule has 5 nitrogen and oxygen atoms in total. The second kappa shape index (κ2) is 9.20. The maximum Gasteiger partial charge on any atom is 0.303 e. The van der Waals surface area contributed by atoms with Gasteiger partial charge in [-0.05, 0) is 31.6 Å². The number of hydrogen-bond acceptors (Lipinski definition) is 5. The number of carbonyl (C=O) groups is 2. The van der Waals surface area contributed by atoms with E-state index in [-0.39, 0.29) is 35.8 Å². The van der Waals surface area contributed by atoms with Crippen molar-refractivity contribution in [1.82, 2.24) is 5.32 Å². The van der Waals surface area contributed by atoms with Gasteiger partial charge < -0.3 is 15.5 Å². The minimum atomic E-state index is -0.918. The lowest BCUT2D eigenvalue weighted by Crippen LogP contribution is -2.39. The van der Waals surface area contributed by atoms with Crippen LogP contribution < -0.4 is 5.32 Å². The maximum absolute atomic E-state index is 12.6. The first-order chi connectivity index (χ1) is 11.4. The lowest BCUT2D eigenvalue weighted by Gasteiger charge is -2.35. The summed E-state index contributed by atoms with van der Waals surface area (Å²) in [4.78, 5) is 23.4. The molecule has 0 amide bonds. The Bertz CT molecular complexity index is 431. The lowest BCUT2D eigenvalue weighted by atomic mass is 9.77. The third-order valence-corrected chi connectivity index (χ3v) is 6.75. The number of aliphatic carboxylic acids is 1. The van der Waals surface area contributed by atoms with E-state index in [0.717, 1.165) is 50.8 Å². The van der Waals surface area contributed by atoms with E-state index in [1.807, 2.05) is 0 Å². The first-order valence-corrected chi connectivity index (χ1v) is 10.3. The first-order valence-electron chi connectivity index (χ1n) is 9.23. The third-order valence-electron chi connectivity index (χ3n) is 5.49. The number of ketones is 1. The van der Waals surface area contributed by atoms with Crippen molar-refractivity contribution >= 4 is 23.5 Å². The minimum absolute atomic E-state index is 0.0485. The van der Waals surface area contributed by atoms with Crippen LogP contribution in [0.15, 0.2) is 0 Å². The van der Waals surface area contributed by atoms with E-state index in [2.05, 4.69) is 12.2 Å². The average Bonchev–Trinajstić information content (AvgIpc) is 3.06. The van der Waals surface area contributed by atoms with E-state index in [4.69, 9.17) is 5.11 Å². The van der Waals surface area contributed by atoms with Gasteiger partial charge in [-0.1, -0.05) is 26.2 Å². The van der Waals surface area contributed by atoms with E-state index < -0.39 is 11.6 Å². The molecular formula is C18H31NO4S. The van der Waals surface area contributed by atoms with Crippen LogP contribution in [0.25, 0.3) is 0 Å². The molecule has 3 atom stereocenters. The topological polar surface area (TPSA) is 86.6 Å². The van der Waals surface area contributed by atoms with Crippen molar-refractivity contribution in [2.45, 2.75) is 75.7 Å². The van der Waals surface area contributed by atoms with Gasteiger partial charge in [0.2, 0.25) is 0 Å². The van der Waals surface area contributed by atoms with Crippen molar-refractivity contribution in [3.05, 3.63) is 0 Å². The fourth-order valence-corrected chi connectivity index (χ4v) is 5.35. The molecule has 1 aliphatic heterocycles. The normalized spacial score (nSPS) is 26.0. The SMILES string of the molecule is CC(CCC1(O)CCCCC1)C(C(=O)CCC(=O)O)C1NCCS1. The summed E-state index contributed by atoms with van der Waals surface area (Å²) in [7, 11) is 0. The Labute approximate surface area is 149 Å². The maximum atomic E-state index is 12.6. The predicted molar refractivity (Wildman–Crippen MR) is 96.0 cm³/mol. The summed E-state index contributed by atoms with van der Waals surface area (Å²) >= 11 is 1.76. The van der Waals surface area contributed by atoms with Crippen LogP contribution in [0.1, 0.15) is 64.7 Å². The zero-order chi connectivity index (χ0) is 17.6. The number of hydrogen-bond donors (Lipinski definition) is 3. The predicted octanol–water partition coefficient (Wildman–Crippen LogP) is 2.81. The van der Waals surface area contributed by atoms with Crippen LogP contribution >= 0.6 is 11.8 Å². The number of Topliss-reactive ketones (excluding diaryl/α,β-unsaturated/α-hetero) is 1. The van der Waals surface area contributed by atoms with Crippen LogP contribution in [-0.2, 0) is 9.59 Å². The molecule has 3 N–H and O–H groups in total. The molecule has 6 heteroatoms. The van der Waals surface area contributed by atoms with E-state index >= 15 is 0 Å². The molecule has 1 saturated carbocycles. The van der Waals surface area contributed by atoms with Gasteiger partial charge in [0, 0.05) is 24.6 Å². The standard InChI is InChI=1S/C18H31NO4S/c1-13(7-10-18(23)8-3-2-4-9-18)16(17-19-11-12-24-17)14(20)5-6-15(21)22/h13,16-17,19,23H,2-12H2,1H3,(H,21,22). The number of nitrogens with one attached hydrogen (secondary N) is 1. The van der Waals surface area contributed by atoms with Crippen LogP contribution in [0.2, 0.25) is 0 Å². The molecular weight excluding hydrogens is 326 g/mol. The Balaban J connectivity index is 1.94. The highest BCUT2D eigenvalue weighted by Gasteiger charge is 2.37. The van der Waals surface area contributed by atoms with Gasteiger partial charge in [0.15, 0.2) is 0 Å². The molecule has 1 aliphatic carbocycles. The molecule has 138 valence electrons. The Morgan fingerprint density at radius 3 is 2.54 bits per heavy atom. The fraction of sp³-hybridized carbons (Fsp3) is 0.889. The van der Waals surface area contributed by atoms with Crippen LogP contribution in [-0.4, -0.2) is 45.2 Å². The van der Waals surface area contributed by atoms with Crippen molar-refractivity contribution in [3.63, 3.8) is 0 Å². The summed E-state index contributed by atoms with van der Waals surface area (Å²) in [6, 6.07) is 0. The van der Waals surface area contributed by atoms with Crippen LogP contribution in [0.3, 0.4) is 0 Å². The average molecular weight is 358 g/mol. The number of carbonyl (C=O) groups excluding carboxylic acids is 1. The van der Waals surface area contributed by atoms with Gasteiger partial charge in [-0.15, -0.1) is 11.8 Å².